The second kappa shape index (κ2) is 10.0. The standard InChI is InChI=1S/C23H28N4O3/c1-4-27(5-2)23(29)26(3)15-21(28)17-10-8-11-19(13-17)30-16-22-24-14-18-9-6-7-12-20(18)25-22/h6-14,21,28H,4-5,15-16H2,1-3H3. The number of carbonyl (C=O) groups excluding carboxylic acids is 1. The molecule has 3 rings (SSSR count). The van der Waals surface area contributed by atoms with E-state index in [0.29, 0.717) is 30.2 Å². The zero-order valence-corrected chi connectivity index (χ0v) is 17.7. The summed E-state index contributed by atoms with van der Waals surface area (Å²) in [6.07, 6.45) is 0.971. The Kier molecular flexibility index (Phi) is 7.19. The lowest BCUT2D eigenvalue weighted by molar-refractivity contribution is 0.115. The van der Waals surface area contributed by atoms with E-state index in [1.807, 2.05) is 56.3 Å². The molecule has 2 aromatic carbocycles. The van der Waals surface area contributed by atoms with Crippen molar-refractivity contribution in [2.75, 3.05) is 26.7 Å². The van der Waals surface area contributed by atoms with E-state index >= 15 is 0 Å². The number of likely N-dealkylation sites (N-methyl/N-ethyl adjacent to an activating group) is 1. The van der Waals surface area contributed by atoms with Crippen molar-refractivity contribution >= 4 is 16.9 Å². The molecule has 3 aromatic rings. The minimum Gasteiger partial charge on any atom is -0.486 e. The van der Waals surface area contributed by atoms with Crippen molar-refractivity contribution in [2.24, 2.45) is 0 Å². The molecule has 0 fully saturated rings. The third-order valence-corrected chi connectivity index (χ3v) is 4.96. The van der Waals surface area contributed by atoms with E-state index in [2.05, 4.69) is 9.97 Å². The first kappa shape index (κ1) is 21.5. The van der Waals surface area contributed by atoms with E-state index in [1.54, 1.807) is 24.2 Å². The quantitative estimate of drug-likeness (QED) is 0.616. The lowest BCUT2D eigenvalue weighted by Crippen LogP contribution is -2.42. The van der Waals surface area contributed by atoms with Gasteiger partial charge in [-0.2, -0.15) is 0 Å². The first-order valence-electron chi connectivity index (χ1n) is 10.1. The number of aliphatic hydroxyl groups is 1. The molecule has 0 aliphatic heterocycles. The van der Waals surface area contributed by atoms with Crippen molar-refractivity contribution in [3.05, 3.63) is 66.1 Å². The summed E-state index contributed by atoms with van der Waals surface area (Å²) in [4.78, 5) is 24.5. The van der Waals surface area contributed by atoms with Gasteiger partial charge in [-0.1, -0.05) is 30.3 Å². The molecular weight excluding hydrogens is 380 g/mol. The van der Waals surface area contributed by atoms with Gasteiger partial charge in [0, 0.05) is 31.7 Å². The fraction of sp³-hybridized carbons (Fsp3) is 0.348. The molecule has 0 bridgehead atoms. The molecule has 0 aliphatic carbocycles. The van der Waals surface area contributed by atoms with Gasteiger partial charge < -0.3 is 19.6 Å². The van der Waals surface area contributed by atoms with Crippen LogP contribution in [0.3, 0.4) is 0 Å². The molecule has 0 aliphatic rings. The van der Waals surface area contributed by atoms with Gasteiger partial charge in [-0.15, -0.1) is 0 Å². The summed E-state index contributed by atoms with van der Waals surface area (Å²) in [6, 6.07) is 14.9. The van der Waals surface area contributed by atoms with Crippen molar-refractivity contribution in [1.82, 2.24) is 19.8 Å². The largest absolute Gasteiger partial charge is 0.486 e. The topological polar surface area (TPSA) is 78.8 Å². The maximum atomic E-state index is 12.4. The molecule has 1 heterocycles. The SMILES string of the molecule is CCN(CC)C(=O)N(C)CC(O)c1cccc(OCc2ncc3ccccc3n2)c1. The second-order valence-corrected chi connectivity index (χ2v) is 7.06. The van der Waals surface area contributed by atoms with E-state index in [4.69, 9.17) is 4.74 Å². The average molecular weight is 409 g/mol. The molecule has 7 heteroatoms. The Morgan fingerprint density at radius 2 is 1.90 bits per heavy atom. The van der Waals surface area contributed by atoms with Crippen LogP contribution in [-0.2, 0) is 6.61 Å². The van der Waals surface area contributed by atoms with Crippen LogP contribution in [-0.4, -0.2) is 57.6 Å². The van der Waals surface area contributed by atoms with Gasteiger partial charge in [0.1, 0.15) is 12.4 Å². The first-order chi connectivity index (χ1) is 14.5. The molecule has 0 radical (unpaired) electrons. The lowest BCUT2D eigenvalue weighted by Gasteiger charge is -2.27. The van der Waals surface area contributed by atoms with Gasteiger partial charge in [0.15, 0.2) is 5.82 Å². The summed E-state index contributed by atoms with van der Waals surface area (Å²) in [5, 5.41) is 11.6. The van der Waals surface area contributed by atoms with Crippen LogP contribution in [0.4, 0.5) is 4.79 Å². The summed E-state index contributed by atoms with van der Waals surface area (Å²) in [5.74, 6) is 1.20. The third kappa shape index (κ3) is 5.24. The number of fused-ring (bicyclic) bond motifs is 1. The van der Waals surface area contributed by atoms with Gasteiger partial charge in [-0.05, 0) is 37.6 Å². The highest BCUT2D eigenvalue weighted by Gasteiger charge is 2.19. The number of rotatable bonds is 8. The fourth-order valence-corrected chi connectivity index (χ4v) is 3.22. The van der Waals surface area contributed by atoms with Crippen LogP contribution in [0.1, 0.15) is 31.3 Å². The van der Waals surface area contributed by atoms with Crippen LogP contribution in [0.5, 0.6) is 5.75 Å². The Morgan fingerprint density at radius 1 is 1.13 bits per heavy atom. The Labute approximate surface area is 176 Å². The number of aliphatic hydroxyl groups excluding tert-OH is 1. The van der Waals surface area contributed by atoms with Crippen LogP contribution in [0.25, 0.3) is 10.9 Å². The highest BCUT2D eigenvalue weighted by Crippen LogP contribution is 2.21. The van der Waals surface area contributed by atoms with Gasteiger partial charge >= 0.3 is 6.03 Å². The van der Waals surface area contributed by atoms with E-state index < -0.39 is 6.10 Å². The van der Waals surface area contributed by atoms with Crippen molar-refractivity contribution in [1.29, 1.82) is 0 Å². The molecule has 1 aromatic heterocycles. The summed E-state index contributed by atoms with van der Waals surface area (Å²) >= 11 is 0. The number of hydrogen-bond acceptors (Lipinski definition) is 5. The number of carbonyl (C=O) groups is 1. The van der Waals surface area contributed by atoms with Crippen LogP contribution in [0, 0.1) is 0 Å². The van der Waals surface area contributed by atoms with Crippen molar-refractivity contribution < 1.29 is 14.6 Å². The number of hydrogen-bond donors (Lipinski definition) is 1. The number of aromatic nitrogens is 2. The highest BCUT2D eigenvalue weighted by atomic mass is 16.5. The highest BCUT2D eigenvalue weighted by molar-refractivity contribution is 5.77. The molecule has 0 saturated heterocycles. The van der Waals surface area contributed by atoms with Crippen LogP contribution in [0.2, 0.25) is 0 Å². The summed E-state index contributed by atoms with van der Waals surface area (Å²) < 4.78 is 5.83. The molecule has 1 atom stereocenters. The fourth-order valence-electron chi connectivity index (χ4n) is 3.22. The van der Waals surface area contributed by atoms with Crippen LogP contribution in [0.15, 0.2) is 54.7 Å². The second-order valence-electron chi connectivity index (χ2n) is 7.06. The predicted molar refractivity (Wildman–Crippen MR) is 116 cm³/mol. The van der Waals surface area contributed by atoms with E-state index in [9.17, 15) is 9.90 Å². The first-order valence-corrected chi connectivity index (χ1v) is 10.1. The molecule has 1 N–H and O–H groups in total. The van der Waals surface area contributed by atoms with Crippen LogP contribution < -0.4 is 4.74 Å². The minimum absolute atomic E-state index is 0.0973. The lowest BCUT2D eigenvalue weighted by atomic mass is 10.1. The molecule has 0 saturated carbocycles. The number of para-hydroxylation sites is 1. The summed E-state index contributed by atoms with van der Waals surface area (Å²) in [5.41, 5.74) is 1.56. The van der Waals surface area contributed by atoms with Gasteiger partial charge in [-0.25, -0.2) is 14.8 Å². The number of ether oxygens (including phenoxy) is 1. The molecule has 0 spiro atoms. The molecule has 2 amide bonds. The maximum absolute atomic E-state index is 12.4. The molecule has 158 valence electrons. The van der Waals surface area contributed by atoms with Crippen molar-refractivity contribution in [3.8, 4) is 5.75 Å². The van der Waals surface area contributed by atoms with E-state index in [-0.39, 0.29) is 19.2 Å². The van der Waals surface area contributed by atoms with Gasteiger partial charge in [0.05, 0.1) is 18.2 Å². The third-order valence-electron chi connectivity index (χ3n) is 4.96. The molecule has 7 nitrogen and oxygen atoms in total. The van der Waals surface area contributed by atoms with Gasteiger partial charge in [-0.3, -0.25) is 0 Å². The maximum Gasteiger partial charge on any atom is 0.319 e. The zero-order chi connectivity index (χ0) is 21.5. The monoisotopic (exact) mass is 408 g/mol. The van der Waals surface area contributed by atoms with Gasteiger partial charge in [0.2, 0.25) is 0 Å². The Bertz CT molecular complexity index is 991. The van der Waals surface area contributed by atoms with E-state index in [1.165, 1.54) is 4.90 Å². The minimum atomic E-state index is -0.810. The normalized spacial score (nSPS) is 11.9. The predicted octanol–water partition coefficient (Wildman–Crippen LogP) is 3.64. The van der Waals surface area contributed by atoms with Crippen molar-refractivity contribution in [3.63, 3.8) is 0 Å². The summed E-state index contributed by atoms with van der Waals surface area (Å²) in [6.45, 7) is 5.57. The Balaban J connectivity index is 1.62. The number of benzene rings is 2. The Hall–Kier alpha value is -3.19. The summed E-state index contributed by atoms with van der Waals surface area (Å²) in [7, 11) is 1.70. The molecule has 30 heavy (non-hydrogen) atoms. The molecule has 1 unspecified atom stereocenters. The van der Waals surface area contributed by atoms with Crippen molar-refractivity contribution in [2.45, 2.75) is 26.6 Å². The van der Waals surface area contributed by atoms with Crippen LogP contribution >= 0.6 is 0 Å². The average Bonchev–Trinajstić information content (AvgIpc) is 2.78. The smallest absolute Gasteiger partial charge is 0.319 e. The zero-order valence-electron chi connectivity index (χ0n) is 17.7. The van der Waals surface area contributed by atoms with Gasteiger partial charge in [0.25, 0.3) is 0 Å². The number of amides is 2. The number of nitrogens with zero attached hydrogens (tertiary/aromatic N) is 4. The Morgan fingerprint density at radius 3 is 2.67 bits per heavy atom. The molecular formula is C23H28N4O3. The number of urea groups is 1. The van der Waals surface area contributed by atoms with E-state index in [0.717, 1.165) is 10.9 Å².